The molecule has 3 nitrogen and oxygen atoms in total. The summed E-state index contributed by atoms with van der Waals surface area (Å²) in [5.41, 5.74) is 6.42. The predicted molar refractivity (Wildman–Crippen MR) is 138 cm³/mol. The highest BCUT2D eigenvalue weighted by Gasteiger charge is 2.18. The van der Waals surface area contributed by atoms with E-state index in [0.29, 0.717) is 11.4 Å². The SMILES string of the molecule is O=C(c1cc(-c2ccccc2)c2ccccc2n1)c1cc(-c2ccccc2)c2ccccc2n1. The third-order valence-corrected chi connectivity index (χ3v) is 6.07. The second-order valence-electron chi connectivity index (χ2n) is 8.21. The number of pyridine rings is 2. The van der Waals surface area contributed by atoms with Crippen molar-refractivity contribution in [2.24, 2.45) is 0 Å². The molecular formula is C31H20N2O. The molecule has 3 heteroatoms. The standard InChI is InChI=1S/C31H20N2O/c34-31(29-19-25(21-11-3-1-4-12-21)23-15-7-9-17-27(23)32-29)30-20-26(22-13-5-2-6-14-22)24-16-8-10-18-28(24)33-30/h1-20H. The molecule has 0 unspecified atom stereocenters. The maximum absolute atomic E-state index is 13.8. The molecule has 0 aliphatic carbocycles. The van der Waals surface area contributed by atoms with E-state index in [1.807, 2.05) is 97.1 Å². The smallest absolute Gasteiger partial charge is 0.229 e. The van der Waals surface area contributed by atoms with Crippen LogP contribution in [0.1, 0.15) is 16.2 Å². The molecule has 0 atom stereocenters. The average Bonchev–Trinajstić information content (AvgIpc) is 2.92. The van der Waals surface area contributed by atoms with Crippen LogP contribution in [0, 0.1) is 0 Å². The topological polar surface area (TPSA) is 42.9 Å². The van der Waals surface area contributed by atoms with Gasteiger partial charge in [-0.1, -0.05) is 97.1 Å². The van der Waals surface area contributed by atoms with Crippen LogP contribution in [0.3, 0.4) is 0 Å². The summed E-state index contributed by atoms with van der Waals surface area (Å²) in [6.45, 7) is 0. The van der Waals surface area contributed by atoms with Crippen molar-refractivity contribution in [3.05, 3.63) is 133 Å². The van der Waals surface area contributed by atoms with Crippen LogP contribution in [0.25, 0.3) is 44.1 Å². The Morgan fingerprint density at radius 2 is 0.853 bits per heavy atom. The van der Waals surface area contributed by atoms with Gasteiger partial charge < -0.3 is 0 Å². The normalized spacial score (nSPS) is 11.1. The van der Waals surface area contributed by atoms with Gasteiger partial charge in [0.15, 0.2) is 0 Å². The summed E-state index contributed by atoms with van der Waals surface area (Å²) < 4.78 is 0. The number of hydrogen-bond acceptors (Lipinski definition) is 3. The second kappa shape index (κ2) is 8.38. The Bertz CT molecular complexity index is 1530. The molecule has 0 saturated carbocycles. The van der Waals surface area contributed by atoms with Crippen LogP contribution in [0.15, 0.2) is 121 Å². The van der Waals surface area contributed by atoms with Gasteiger partial charge in [-0.15, -0.1) is 0 Å². The van der Waals surface area contributed by atoms with Crippen LogP contribution in [0.2, 0.25) is 0 Å². The molecule has 0 aliphatic heterocycles. The van der Waals surface area contributed by atoms with E-state index in [-0.39, 0.29) is 5.78 Å². The Morgan fingerprint density at radius 3 is 1.29 bits per heavy atom. The van der Waals surface area contributed by atoms with Crippen molar-refractivity contribution in [2.45, 2.75) is 0 Å². The highest BCUT2D eigenvalue weighted by atomic mass is 16.1. The van der Waals surface area contributed by atoms with Crippen LogP contribution in [-0.2, 0) is 0 Å². The molecule has 34 heavy (non-hydrogen) atoms. The Hall–Kier alpha value is -4.63. The summed E-state index contributed by atoms with van der Waals surface area (Å²) in [6, 6.07) is 39.8. The fourth-order valence-corrected chi connectivity index (χ4v) is 4.43. The zero-order chi connectivity index (χ0) is 22.9. The van der Waals surface area contributed by atoms with Gasteiger partial charge >= 0.3 is 0 Å². The highest BCUT2D eigenvalue weighted by molar-refractivity contribution is 6.11. The molecule has 2 heterocycles. The van der Waals surface area contributed by atoms with E-state index in [1.54, 1.807) is 0 Å². The van der Waals surface area contributed by atoms with Gasteiger partial charge in [-0.25, -0.2) is 9.97 Å². The molecule has 0 radical (unpaired) electrons. The highest BCUT2D eigenvalue weighted by Crippen LogP contribution is 2.31. The molecule has 2 aromatic heterocycles. The van der Waals surface area contributed by atoms with E-state index in [0.717, 1.165) is 44.1 Å². The maximum atomic E-state index is 13.8. The van der Waals surface area contributed by atoms with Crippen molar-refractivity contribution >= 4 is 27.6 Å². The molecule has 160 valence electrons. The Labute approximate surface area is 197 Å². The second-order valence-corrected chi connectivity index (χ2v) is 8.21. The molecule has 0 spiro atoms. The monoisotopic (exact) mass is 436 g/mol. The molecule has 4 aromatic carbocycles. The summed E-state index contributed by atoms with van der Waals surface area (Å²) >= 11 is 0. The number of ketones is 1. The number of aromatic nitrogens is 2. The number of benzene rings is 4. The van der Waals surface area contributed by atoms with E-state index in [9.17, 15) is 4.79 Å². The lowest BCUT2D eigenvalue weighted by atomic mass is 9.97. The van der Waals surface area contributed by atoms with Gasteiger partial charge in [-0.3, -0.25) is 4.79 Å². The van der Waals surface area contributed by atoms with E-state index >= 15 is 0 Å². The van der Waals surface area contributed by atoms with Gasteiger partial charge in [0.2, 0.25) is 5.78 Å². The van der Waals surface area contributed by atoms with Crippen LogP contribution in [0.4, 0.5) is 0 Å². The fraction of sp³-hybridized carbons (Fsp3) is 0. The van der Waals surface area contributed by atoms with Crippen molar-refractivity contribution in [2.75, 3.05) is 0 Å². The first-order valence-corrected chi connectivity index (χ1v) is 11.2. The Kier molecular flexibility index (Phi) is 4.93. The van der Waals surface area contributed by atoms with Gasteiger partial charge in [0.25, 0.3) is 0 Å². The largest absolute Gasteiger partial charge is 0.285 e. The van der Waals surface area contributed by atoms with Gasteiger partial charge in [0.05, 0.1) is 11.0 Å². The summed E-state index contributed by atoms with van der Waals surface area (Å²) in [4.78, 5) is 23.2. The lowest BCUT2D eigenvalue weighted by Crippen LogP contribution is -2.08. The number of carbonyl (C=O) groups is 1. The summed E-state index contributed by atoms with van der Waals surface area (Å²) in [5, 5.41) is 2.03. The molecule has 0 bridgehead atoms. The number of para-hydroxylation sites is 2. The van der Waals surface area contributed by atoms with Crippen LogP contribution in [-0.4, -0.2) is 15.8 Å². The number of carbonyl (C=O) groups excluding carboxylic acids is 1. The van der Waals surface area contributed by atoms with E-state index in [4.69, 9.17) is 9.97 Å². The van der Waals surface area contributed by atoms with Crippen LogP contribution in [0.5, 0.6) is 0 Å². The minimum absolute atomic E-state index is 0.189. The van der Waals surface area contributed by atoms with Crippen LogP contribution < -0.4 is 0 Å². The maximum Gasteiger partial charge on any atom is 0.229 e. The summed E-state index contributed by atoms with van der Waals surface area (Å²) in [5.74, 6) is -0.189. The number of rotatable bonds is 4. The third-order valence-electron chi connectivity index (χ3n) is 6.07. The van der Waals surface area contributed by atoms with Gasteiger partial charge in [0.1, 0.15) is 11.4 Å². The molecule has 0 saturated heterocycles. The Morgan fingerprint density at radius 1 is 0.471 bits per heavy atom. The fourth-order valence-electron chi connectivity index (χ4n) is 4.43. The summed E-state index contributed by atoms with van der Waals surface area (Å²) in [6.07, 6.45) is 0. The zero-order valence-corrected chi connectivity index (χ0v) is 18.3. The molecule has 0 N–H and O–H groups in total. The molecule has 6 rings (SSSR count). The molecule has 0 amide bonds. The first-order valence-electron chi connectivity index (χ1n) is 11.2. The van der Waals surface area contributed by atoms with E-state index in [2.05, 4.69) is 24.3 Å². The molecule has 0 aliphatic rings. The Balaban J connectivity index is 1.55. The average molecular weight is 437 g/mol. The minimum atomic E-state index is -0.189. The van der Waals surface area contributed by atoms with Gasteiger partial charge in [-0.2, -0.15) is 0 Å². The van der Waals surface area contributed by atoms with Gasteiger partial charge in [-0.05, 0) is 46.5 Å². The van der Waals surface area contributed by atoms with Gasteiger partial charge in [0, 0.05) is 10.8 Å². The van der Waals surface area contributed by atoms with Crippen molar-refractivity contribution in [1.29, 1.82) is 0 Å². The predicted octanol–water partition coefficient (Wildman–Crippen LogP) is 7.35. The lowest BCUT2D eigenvalue weighted by molar-refractivity contribution is 0.103. The number of hydrogen-bond donors (Lipinski definition) is 0. The minimum Gasteiger partial charge on any atom is -0.285 e. The first kappa shape index (κ1) is 20.0. The van der Waals surface area contributed by atoms with E-state index < -0.39 is 0 Å². The first-order chi connectivity index (χ1) is 16.8. The van der Waals surface area contributed by atoms with Crippen molar-refractivity contribution in [3.8, 4) is 22.3 Å². The van der Waals surface area contributed by atoms with Crippen molar-refractivity contribution < 1.29 is 4.79 Å². The summed E-state index contributed by atoms with van der Waals surface area (Å²) in [7, 11) is 0. The number of nitrogens with zero attached hydrogens (tertiary/aromatic N) is 2. The van der Waals surface area contributed by atoms with Crippen molar-refractivity contribution in [3.63, 3.8) is 0 Å². The zero-order valence-electron chi connectivity index (χ0n) is 18.3. The lowest BCUT2D eigenvalue weighted by Gasteiger charge is -2.12. The molecule has 0 fully saturated rings. The quantitative estimate of drug-likeness (QED) is 0.271. The van der Waals surface area contributed by atoms with E-state index in [1.165, 1.54) is 0 Å². The number of fused-ring (bicyclic) bond motifs is 2. The van der Waals surface area contributed by atoms with Crippen LogP contribution >= 0.6 is 0 Å². The molecular weight excluding hydrogens is 416 g/mol. The third kappa shape index (κ3) is 3.54. The van der Waals surface area contributed by atoms with Crippen molar-refractivity contribution in [1.82, 2.24) is 9.97 Å². The molecule has 6 aromatic rings.